The Morgan fingerprint density at radius 1 is 0.881 bits per heavy atom. The summed E-state index contributed by atoms with van der Waals surface area (Å²) in [6, 6.07) is 17.7. The van der Waals surface area contributed by atoms with E-state index in [9.17, 15) is 35.1 Å². The second-order valence-corrected chi connectivity index (χ2v) is 19.0. The molecule has 2 aromatic carbocycles. The van der Waals surface area contributed by atoms with Gasteiger partial charge in [0.05, 0.1) is 23.4 Å². The fourth-order valence-electron chi connectivity index (χ4n) is 13.3. The first-order valence-electron chi connectivity index (χ1n) is 21.2. The quantitative estimate of drug-likeness (QED) is 0.223. The number of carbonyl (C=O) groups excluding carboxylic acids is 2. The number of benzene rings is 2. The third-order valence-corrected chi connectivity index (χ3v) is 16.2. The van der Waals surface area contributed by atoms with Crippen LogP contribution in [0.5, 0.6) is 0 Å². The van der Waals surface area contributed by atoms with Crippen molar-refractivity contribution in [3.05, 3.63) is 96.1 Å². The van der Waals surface area contributed by atoms with Crippen molar-refractivity contribution in [2.24, 2.45) is 41.4 Å². The van der Waals surface area contributed by atoms with E-state index in [0.29, 0.717) is 24.0 Å². The number of ether oxygens (including phenoxy) is 6. The topological polar surface area (TPSA) is 194 Å². The molecule has 13 nitrogen and oxygen atoms in total. The van der Waals surface area contributed by atoms with Crippen LogP contribution >= 0.6 is 0 Å². The molecular weight excluding hydrogens is 760 g/mol. The van der Waals surface area contributed by atoms with E-state index in [4.69, 9.17) is 28.4 Å². The third-order valence-electron chi connectivity index (χ3n) is 16.2. The highest BCUT2D eigenvalue weighted by molar-refractivity contribution is 5.89. The van der Waals surface area contributed by atoms with Crippen molar-refractivity contribution in [1.82, 2.24) is 0 Å². The molecule has 4 saturated heterocycles. The van der Waals surface area contributed by atoms with Gasteiger partial charge in [0.2, 0.25) is 0 Å². The first kappa shape index (κ1) is 39.6. The van der Waals surface area contributed by atoms with Gasteiger partial charge in [-0.05, 0) is 68.6 Å². The molecule has 11 bridgehead atoms. The number of aliphatic hydroxyl groups excluding tert-OH is 2. The first-order chi connectivity index (χ1) is 28.1. The van der Waals surface area contributed by atoms with E-state index < -0.39 is 113 Å². The number of hydrogen-bond acceptors (Lipinski definition) is 13. The maximum atomic E-state index is 13.7. The molecule has 4 saturated carbocycles. The molecule has 13 heteroatoms. The van der Waals surface area contributed by atoms with Crippen LogP contribution in [0.2, 0.25) is 0 Å². The molecule has 19 atom stereocenters. The predicted molar refractivity (Wildman–Crippen MR) is 207 cm³/mol. The Hall–Kier alpha value is -3.50. The molecule has 19 unspecified atom stereocenters. The predicted octanol–water partition coefficient (Wildman–Crippen LogP) is 3.31. The number of epoxide rings is 1. The maximum absolute atomic E-state index is 13.7. The van der Waals surface area contributed by atoms with E-state index in [-0.39, 0.29) is 30.6 Å². The summed E-state index contributed by atoms with van der Waals surface area (Å²) in [5, 5.41) is 63.4. The molecule has 5 N–H and O–H groups in total. The van der Waals surface area contributed by atoms with Crippen molar-refractivity contribution in [2.45, 2.75) is 124 Å². The number of hydrogen-bond donors (Lipinski definition) is 5. The van der Waals surface area contributed by atoms with Gasteiger partial charge < -0.3 is 54.0 Å². The van der Waals surface area contributed by atoms with Crippen LogP contribution in [0.15, 0.2) is 85.0 Å². The summed E-state index contributed by atoms with van der Waals surface area (Å²) in [5.41, 5.74) is -8.50. The SMILES string of the molecule is CC1CC2C3(O)C1OC(=O)/C=C/C=C/C(OC(=O)c1ccccc1)C1CCC(CC(C)(O)C4(O)C5OC6(c7ccccc7)OC4C(C4OC4(CO)C3O)C2(O6)C5C)C1C. The van der Waals surface area contributed by atoms with E-state index in [1.54, 1.807) is 55.5 Å². The lowest BCUT2D eigenvalue weighted by Crippen LogP contribution is -2.89. The number of allylic oxidation sites excluding steroid dienone is 2. The van der Waals surface area contributed by atoms with Crippen molar-refractivity contribution >= 4 is 11.9 Å². The summed E-state index contributed by atoms with van der Waals surface area (Å²) in [7, 11) is 0. The molecule has 6 heterocycles. The molecule has 6 aliphatic heterocycles. The number of aliphatic hydroxyl groups is 5. The summed E-state index contributed by atoms with van der Waals surface area (Å²) in [5.74, 6) is -6.79. The first-order valence-corrected chi connectivity index (χ1v) is 21.2. The van der Waals surface area contributed by atoms with Crippen molar-refractivity contribution in [1.29, 1.82) is 0 Å². The standard InChI is InChI=1S/C46H54O13/c1-24-21-32-43(52)35(24)55-33(48)18-12-11-17-31(54-39(49)27-13-7-5-8-14-27)30-20-19-28(25(30)2)22-41(4,51)45(53)36-26(3)44(32)34(37-42(23-47,56-37)40(43)50)38(45)58-46(57-36,59-44)29-15-9-6-10-16-29/h5-18,24-26,28,30-32,34-38,40,47,50-53H,19-23H2,1-4H3/b17-11+,18-12+. The molecule has 8 fully saturated rings. The Morgan fingerprint density at radius 2 is 1.58 bits per heavy atom. The number of carbonyl (C=O) groups is 2. The average molecular weight is 815 g/mol. The van der Waals surface area contributed by atoms with Gasteiger partial charge in [-0.3, -0.25) is 0 Å². The lowest BCUT2D eigenvalue weighted by molar-refractivity contribution is -0.595. The minimum Gasteiger partial charge on any atom is -0.456 e. The van der Waals surface area contributed by atoms with Crippen LogP contribution in [0.4, 0.5) is 0 Å². The largest absolute Gasteiger partial charge is 0.456 e. The molecule has 12 rings (SSSR count). The van der Waals surface area contributed by atoms with E-state index in [0.717, 1.165) is 0 Å². The van der Waals surface area contributed by atoms with Crippen molar-refractivity contribution in [3.8, 4) is 0 Å². The van der Waals surface area contributed by atoms with Crippen LogP contribution < -0.4 is 0 Å². The maximum Gasteiger partial charge on any atom is 0.338 e. The highest BCUT2D eigenvalue weighted by Gasteiger charge is 2.91. The molecule has 59 heavy (non-hydrogen) atoms. The van der Waals surface area contributed by atoms with Gasteiger partial charge in [0.25, 0.3) is 0 Å². The minimum atomic E-state index is -2.22. The van der Waals surface area contributed by atoms with Gasteiger partial charge in [-0.1, -0.05) is 81.5 Å². The summed E-state index contributed by atoms with van der Waals surface area (Å²) >= 11 is 0. The lowest BCUT2D eigenvalue weighted by atomic mass is 9.49. The fourth-order valence-corrected chi connectivity index (χ4v) is 13.3. The third kappa shape index (κ3) is 5.17. The van der Waals surface area contributed by atoms with Crippen molar-refractivity contribution < 1.29 is 63.5 Å². The average Bonchev–Trinajstić information content (AvgIpc) is 3.79. The molecule has 4 aliphatic carbocycles. The van der Waals surface area contributed by atoms with Gasteiger partial charge in [-0.15, -0.1) is 0 Å². The van der Waals surface area contributed by atoms with Gasteiger partial charge in [0, 0.05) is 35.3 Å². The van der Waals surface area contributed by atoms with E-state index in [1.165, 1.54) is 12.2 Å². The molecule has 2 aromatic rings. The van der Waals surface area contributed by atoms with Crippen LogP contribution in [0.3, 0.4) is 0 Å². The zero-order valence-corrected chi connectivity index (χ0v) is 33.6. The van der Waals surface area contributed by atoms with E-state index in [2.05, 4.69) is 6.92 Å². The number of esters is 2. The summed E-state index contributed by atoms with van der Waals surface area (Å²) in [6.07, 6.45) is 0.608. The van der Waals surface area contributed by atoms with Crippen LogP contribution in [0, 0.1) is 41.4 Å². The van der Waals surface area contributed by atoms with Gasteiger partial charge >= 0.3 is 17.9 Å². The van der Waals surface area contributed by atoms with Crippen molar-refractivity contribution in [3.63, 3.8) is 0 Å². The second-order valence-electron chi connectivity index (χ2n) is 19.0. The smallest absolute Gasteiger partial charge is 0.338 e. The second kappa shape index (κ2) is 13.3. The number of fused-ring (bicyclic) bond motifs is 6. The Balaban J connectivity index is 1.14. The summed E-state index contributed by atoms with van der Waals surface area (Å²) in [6.45, 7) is 6.66. The van der Waals surface area contributed by atoms with Gasteiger partial charge in [0.15, 0.2) is 0 Å². The van der Waals surface area contributed by atoms with Crippen molar-refractivity contribution in [2.75, 3.05) is 6.61 Å². The highest BCUT2D eigenvalue weighted by atomic mass is 16.9. The van der Waals surface area contributed by atoms with E-state index >= 15 is 0 Å². The Labute approximate surface area is 342 Å². The Kier molecular flexibility index (Phi) is 8.90. The highest BCUT2D eigenvalue weighted by Crippen LogP contribution is 2.75. The molecule has 0 radical (unpaired) electrons. The fraction of sp³-hybridized carbons (Fsp3) is 0.609. The van der Waals surface area contributed by atoms with Gasteiger partial charge in [-0.2, -0.15) is 0 Å². The summed E-state index contributed by atoms with van der Waals surface area (Å²) < 4.78 is 39.7. The van der Waals surface area contributed by atoms with Crippen LogP contribution in [0.25, 0.3) is 0 Å². The Morgan fingerprint density at radius 3 is 2.29 bits per heavy atom. The lowest BCUT2D eigenvalue weighted by Gasteiger charge is -2.74. The zero-order valence-electron chi connectivity index (χ0n) is 33.6. The van der Waals surface area contributed by atoms with Gasteiger partial charge in [-0.25, -0.2) is 9.59 Å². The molecule has 0 amide bonds. The molecule has 10 aliphatic rings. The van der Waals surface area contributed by atoms with Crippen LogP contribution in [0.1, 0.15) is 69.3 Å². The molecule has 0 aromatic heterocycles. The van der Waals surface area contributed by atoms with E-state index in [1.807, 2.05) is 38.1 Å². The number of rotatable bonds is 4. The van der Waals surface area contributed by atoms with Crippen LogP contribution in [-0.4, -0.2) is 109 Å². The molecular formula is C46H54O13. The molecule has 316 valence electrons. The Bertz CT molecular complexity index is 2060. The monoisotopic (exact) mass is 814 g/mol. The normalized spacial score (nSPS) is 52.8. The minimum absolute atomic E-state index is 0.102. The van der Waals surface area contributed by atoms with Crippen LogP contribution in [-0.2, 0) is 39.2 Å². The molecule has 1 spiro atoms. The summed E-state index contributed by atoms with van der Waals surface area (Å²) in [4.78, 5) is 27.2. The zero-order chi connectivity index (χ0) is 41.5. The van der Waals surface area contributed by atoms with Gasteiger partial charge in [0.1, 0.15) is 53.4 Å².